The number of hydrogen-bond acceptors (Lipinski definition) is 5. The van der Waals surface area contributed by atoms with E-state index in [2.05, 4.69) is 24.0 Å². The molecule has 0 spiro atoms. The van der Waals surface area contributed by atoms with E-state index in [4.69, 9.17) is 10.6 Å². The summed E-state index contributed by atoms with van der Waals surface area (Å²) in [4.78, 5) is 0. The Hall–Kier alpha value is -0.750. The third-order valence-electron chi connectivity index (χ3n) is 2.63. The lowest BCUT2D eigenvalue weighted by Crippen LogP contribution is -2.19. The molecule has 0 unspecified atom stereocenters. The van der Waals surface area contributed by atoms with E-state index in [1.807, 2.05) is 6.92 Å². The van der Waals surface area contributed by atoms with Crippen molar-refractivity contribution in [3.63, 3.8) is 0 Å². The molecule has 0 atom stereocenters. The van der Waals surface area contributed by atoms with Gasteiger partial charge in [-0.15, -0.1) is 10.2 Å². The van der Waals surface area contributed by atoms with Gasteiger partial charge in [-0.25, -0.2) is 4.68 Å². The summed E-state index contributed by atoms with van der Waals surface area (Å²) in [5.74, 6) is 7.66. The number of thioether (sulfide) groups is 1. The summed E-state index contributed by atoms with van der Waals surface area (Å²) in [6, 6.07) is 0. The van der Waals surface area contributed by atoms with Crippen LogP contribution >= 0.6 is 11.8 Å². The van der Waals surface area contributed by atoms with Crippen LogP contribution in [0.25, 0.3) is 0 Å². The summed E-state index contributed by atoms with van der Waals surface area (Å²) in [6.45, 7) is 7.24. The maximum Gasteiger partial charge on any atom is 0.209 e. The van der Waals surface area contributed by atoms with Crippen LogP contribution in [0, 0.1) is 5.41 Å². The van der Waals surface area contributed by atoms with Crippen LogP contribution in [0.4, 0.5) is 0 Å². The summed E-state index contributed by atoms with van der Waals surface area (Å²) in [5.41, 5.74) is 0.207. The highest BCUT2D eigenvalue weighted by atomic mass is 32.2. The molecule has 1 aromatic heterocycles. The molecule has 5 nitrogen and oxygen atoms in total. The van der Waals surface area contributed by atoms with Crippen molar-refractivity contribution in [2.24, 2.45) is 5.41 Å². The molecule has 6 heteroatoms. The Labute approximate surface area is 107 Å². The monoisotopic (exact) mass is 258 g/mol. The van der Waals surface area contributed by atoms with Crippen molar-refractivity contribution in [3.8, 4) is 0 Å². The SMILES string of the molecule is CCc1nnc(SCC(C)(C)CCOC)n1N. The standard InChI is InChI=1S/C11H22N4OS/c1-5-9-13-14-10(15(9)12)17-8-11(2,3)6-7-16-4/h5-8,12H2,1-4H3. The fourth-order valence-electron chi connectivity index (χ4n) is 1.36. The first-order valence-electron chi connectivity index (χ1n) is 5.81. The summed E-state index contributed by atoms with van der Waals surface area (Å²) < 4.78 is 6.69. The molecule has 1 rings (SSSR count). The fourth-order valence-corrected chi connectivity index (χ4v) is 2.36. The zero-order valence-corrected chi connectivity index (χ0v) is 11.9. The van der Waals surface area contributed by atoms with Crippen molar-refractivity contribution in [1.82, 2.24) is 14.9 Å². The van der Waals surface area contributed by atoms with Gasteiger partial charge >= 0.3 is 0 Å². The topological polar surface area (TPSA) is 66.0 Å². The molecule has 0 aliphatic carbocycles. The van der Waals surface area contributed by atoms with Gasteiger partial charge in [-0.3, -0.25) is 0 Å². The largest absolute Gasteiger partial charge is 0.385 e. The average Bonchev–Trinajstić information content (AvgIpc) is 2.65. The Bertz CT molecular complexity index is 351. The number of ether oxygens (including phenoxy) is 1. The Balaban J connectivity index is 2.51. The first-order chi connectivity index (χ1) is 8.00. The van der Waals surface area contributed by atoms with Crippen LogP contribution in [0.5, 0.6) is 0 Å². The molecule has 0 aliphatic rings. The molecule has 0 saturated carbocycles. The number of aryl methyl sites for hydroxylation is 1. The quantitative estimate of drug-likeness (QED) is 0.596. The molecule has 0 bridgehead atoms. The van der Waals surface area contributed by atoms with E-state index in [-0.39, 0.29) is 5.41 Å². The first-order valence-corrected chi connectivity index (χ1v) is 6.80. The lowest BCUT2D eigenvalue weighted by atomic mass is 9.92. The molecule has 2 N–H and O–H groups in total. The average molecular weight is 258 g/mol. The lowest BCUT2D eigenvalue weighted by molar-refractivity contribution is 0.161. The normalized spacial score (nSPS) is 12.0. The highest BCUT2D eigenvalue weighted by Crippen LogP contribution is 2.29. The Kier molecular flexibility index (Phi) is 5.27. The van der Waals surface area contributed by atoms with Crippen LogP contribution in [0.3, 0.4) is 0 Å². The third kappa shape index (κ3) is 4.20. The number of rotatable bonds is 7. The fraction of sp³-hybridized carbons (Fsp3) is 0.818. The van der Waals surface area contributed by atoms with Gasteiger partial charge in [0.15, 0.2) is 5.82 Å². The molecule has 0 aliphatic heterocycles. The highest BCUT2D eigenvalue weighted by molar-refractivity contribution is 7.99. The smallest absolute Gasteiger partial charge is 0.209 e. The van der Waals surface area contributed by atoms with Gasteiger partial charge < -0.3 is 10.6 Å². The lowest BCUT2D eigenvalue weighted by Gasteiger charge is -2.23. The molecule has 0 saturated heterocycles. The van der Waals surface area contributed by atoms with Crippen LogP contribution < -0.4 is 5.84 Å². The molecule has 0 radical (unpaired) electrons. The molecule has 98 valence electrons. The summed E-state index contributed by atoms with van der Waals surface area (Å²) in [7, 11) is 1.73. The van der Waals surface area contributed by atoms with E-state index < -0.39 is 0 Å². The van der Waals surface area contributed by atoms with E-state index >= 15 is 0 Å². The third-order valence-corrected chi connectivity index (χ3v) is 4.09. The van der Waals surface area contributed by atoms with E-state index in [0.717, 1.165) is 36.2 Å². The Morgan fingerprint density at radius 2 is 2.12 bits per heavy atom. The highest BCUT2D eigenvalue weighted by Gasteiger charge is 2.20. The predicted molar refractivity (Wildman–Crippen MR) is 70.5 cm³/mol. The van der Waals surface area contributed by atoms with Crippen LogP contribution in [-0.4, -0.2) is 34.3 Å². The summed E-state index contributed by atoms with van der Waals surface area (Å²) >= 11 is 1.65. The van der Waals surface area contributed by atoms with Gasteiger partial charge in [0.1, 0.15) is 0 Å². The van der Waals surface area contributed by atoms with Crippen LogP contribution in [0.1, 0.15) is 33.0 Å². The van der Waals surface area contributed by atoms with Gasteiger partial charge in [0.05, 0.1) is 0 Å². The second-order valence-corrected chi connectivity index (χ2v) is 5.76. The molecule has 0 aromatic carbocycles. The van der Waals surface area contributed by atoms with Gasteiger partial charge in [0, 0.05) is 25.9 Å². The molecule has 0 amide bonds. The van der Waals surface area contributed by atoms with Crippen molar-refractivity contribution in [2.45, 2.75) is 38.8 Å². The zero-order valence-electron chi connectivity index (χ0n) is 11.1. The van der Waals surface area contributed by atoms with E-state index in [1.165, 1.54) is 0 Å². The number of nitrogen functional groups attached to an aromatic ring is 1. The zero-order chi connectivity index (χ0) is 12.9. The van der Waals surface area contributed by atoms with Gasteiger partial charge in [-0.05, 0) is 11.8 Å². The van der Waals surface area contributed by atoms with Crippen molar-refractivity contribution >= 4 is 11.8 Å². The Morgan fingerprint density at radius 1 is 1.41 bits per heavy atom. The van der Waals surface area contributed by atoms with Crippen LogP contribution in [0.2, 0.25) is 0 Å². The van der Waals surface area contributed by atoms with E-state index in [9.17, 15) is 0 Å². The first kappa shape index (κ1) is 14.3. The van der Waals surface area contributed by atoms with Gasteiger partial charge in [0.25, 0.3) is 0 Å². The maximum absolute atomic E-state index is 5.89. The second-order valence-electron chi connectivity index (χ2n) is 4.82. The number of aromatic nitrogens is 3. The molecule has 17 heavy (non-hydrogen) atoms. The van der Waals surface area contributed by atoms with Crippen molar-refractivity contribution in [3.05, 3.63) is 5.82 Å². The van der Waals surface area contributed by atoms with Gasteiger partial charge in [0.2, 0.25) is 5.16 Å². The minimum atomic E-state index is 0.207. The van der Waals surface area contributed by atoms with Gasteiger partial charge in [-0.2, -0.15) is 0 Å². The summed E-state index contributed by atoms with van der Waals surface area (Å²) in [5, 5.41) is 8.91. The van der Waals surface area contributed by atoms with E-state index in [0.29, 0.717) is 0 Å². The van der Waals surface area contributed by atoms with Crippen LogP contribution in [-0.2, 0) is 11.2 Å². The van der Waals surface area contributed by atoms with Crippen molar-refractivity contribution in [1.29, 1.82) is 0 Å². The van der Waals surface area contributed by atoms with Crippen LogP contribution in [0.15, 0.2) is 5.16 Å². The number of nitrogens with two attached hydrogens (primary N) is 1. The molecule has 1 aromatic rings. The minimum Gasteiger partial charge on any atom is -0.385 e. The summed E-state index contributed by atoms with van der Waals surface area (Å²) in [6.07, 6.45) is 1.83. The number of methoxy groups -OCH3 is 1. The minimum absolute atomic E-state index is 0.207. The molecule has 0 fully saturated rings. The Morgan fingerprint density at radius 3 is 2.65 bits per heavy atom. The van der Waals surface area contributed by atoms with Crippen molar-refractivity contribution in [2.75, 3.05) is 25.3 Å². The second kappa shape index (κ2) is 6.26. The molecular formula is C11H22N4OS. The number of hydrogen-bond donors (Lipinski definition) is 1. The molecular weight excluding hydrogens is 236 g/mol. The number of nitrogens with zero attached hydrogens (tertiary/aromatic N) is 3. The van der Waals surface area contributed by atoms with E-state index in [1.54, 1.807) is 23.5 Å². The molecule has 1 heterocycles. The van der Waals surface area contributed by atoms with Gasteiger partial charge in [-0.1, -0.05) is 32.5 Å². The van der Waals surface area contributed by atoms with Crippen molar-refractivity contribution < 1.29 is 4.74 Å². The maximum atomic E-state index is 5.89. The predicted octanol–water partition coefficient (Wildman–Crippen LogP) is 1.71.